The highest BCUT2D eigenvalue weighted by Crippen LogP contribution is 2.23. The van der Waals surface area contributed by atoms with Crippen LogP contribution in [-0.2, 0) is 19.4 Å². The number of para-hydroxylation sites is 2. The molecule has 0 aliphatic heterocycles. The van der Waals surface area contributed by atoms with Gasteiger partial charge >= 0.3 is 5.97 Å². The number of hydrogen-bond donors (Lipinski definition) is 2. The van der Waals surface area contributed by atoms with Crippen molar-refractivity contribution < 1.29 is 27.9 Å². The molecule has 0 heterocycles. The van der Waals surface area contributed by atoms with Gasteiger partial charge in [0, 0.05) is 0 Å². The fourth-order valence-electron chi connectivity index (χ4n) is 1.50. The lowest BCUT2D eigenvalue weighted by Gasteiger charge is -2.12. The average Bonchev–Trinajstić information content (AvgIpc) is 2.39. The van der Waals surface area contributed by atoms with Gasteiger partial charge in [0.25, 0.3) is 0 Å². The molecule has 1 aromatic rings. The van der Waals surface area contributed by atoms with Crippen molar-refractivity contribution in [2.45, 2.75) is 19.1 Å². The Morgan fingerprint density at radius 3 is 2.52 bits per heavy atom. The van der Waals surface area contributed by atoms with E-state index in [0.717, 1.165) is 6.92 Å². The molecule has 1 atom stereocenters. The van der Waals surface area contributed by atoms with Crippen molar-refractivity contribution in [3.05, 3.63) is 24.3 Å². The van der Waals surface area contributed by atoms with E-state index in [-0.39, 0.29) is 0 Å². The van der Waals surface area contributed by atoms with Gasteiger partial charge in [-0.15, -0.1) is 0 Å². The number of ether oxygens (including phenoxy) is 1. The fraction of sp³-hybridized carbons (Fsp3) is 0.385. The highest BCUT2D eigenvalue weighted by Gasteiger charge is 2.30. The molecule has 0 aromatic heterocycles. The Hall–Kier alpha value is -2.09. The first kappa shape index (κ1) is 17.0. The largest absolute Gasteiger partial charge is 0.492 e. The first-order chi connectivity index (χ1) is 9.77. The van der Waals surface area contributed by atoms with Gasteiger partial charge in [-0.2, -0.15) is 0 Å². The van der Waals surface area contributed by atoms with E-state index in [1.807, 2.05) is 0 Å². The fourth-order valence-corrected chi connectivity index (χ4v) is 2.49. The van der Waals surface area contributed by atoms with E-state index in [2.05, 4.69) is 5.32 Å². The first-order valence-electron chi connectivity index (χ1n) is 6.24. The number of amides is 1. The number of nitrogens with one attached hydrogen (secondary N) is 1. The van der Waals surface area contributed by atoms with Crippen molar-refractivity contribution in [1.82, 2.24) is 0 Å². The van der Waals surface area contributed by atoms with E-state index < -0.39 is 32.7 Å². The number of carboxylic acids is 1. The van der Waals surface area contributed by atoms with Crippen molar-refractivity contribution in [1.29, 1.82) is 0 Å². The topological polar surface area (TPSA) is 110 Å². The Balaban J connectivity index is 2.81. The van der Waals surface area contributed by atoms with E-state index >= 15 is 0 Å². The van der Waals surface area contributed by atoms with Crippen LogP contribution in [0.1, 0.15) is 13.8 Å². The zero-order valence-corrected chi connectivity index (χ0v) is 12.5. The highest BCUT2D eigenvalue weighted by atomic mass is 32.2. The zero-order valence-electron chi connectivity index (χ0n) is 11.7. The monoisotopic (exact) mass is 315 g/mol. The maximum absolute atomic E-state index is 11.8. The van der Waals surface area contributed by atoms with E-state index in [1.54, 1.807) is 31.2 Å². The molecule has 1 amide bonds. The first-order valence-corrected chi connectivity index (χ1v) is 7.95. The third-order valence-electron chi connectivity index (χ3n) is 2.68. The summed E-state index contributed by atoms with van der Waals surface area (Å²) in [6, 6.07) is 6.57. The van der Waals surface area contributed by atoms with E-state index in [0.29, 0.717) is 18.0 Å². The second-order valence-corrected chi connectivity index (χ2v) is 6.59. The minimum absolute atomic E-state index is 0.336. The molecule has 0 saturated carbocycles. The molecule has 1 aromatic carbocycles. The molecule has 0 spiro atoms. The van der Waals surface area contributed by atoms with Crippen molar-refractivity contribution in [3.8, 4) is 5.75 Å². The lowest BCUT2D eigenvalue weighted by molar-refractivity contribution is -0.136. The van der Waals surface area contributed by atoms with Crippen LogP contribution < -0.4 is 10.1 Å². The average molecular weight is 315 g/mol. The molecule has 1 rings (SSSR count). The molecule has 0 fully saturated rings. The van der Waals surface area contributed by atoms with E-state index in [1.165, 1.54) is 0 Å². The molecular formula is C13H17NO6S. The van der Waals surface area contributed by atoms with Gasteiger partial charge in [0.1, 0.15) is 11.5 Å². The van der Waals surface area contributed by atoms with Crippen molar-refractivity contribution in [3.63, 3.8) is 0 Å². The second-order valence-electron chi connectivity index (χ2n) is 4.27. The number of benzene rings is 1. The summed E-state index contributed by atoms with van der Waals surface area (Å²) in [6.07, 6.45) is 0. The maximum atomic E-state index is 11.8. The van der Waals surface area contributed by atoms with Crippen LogP contribution in [0.5, 0.6) is 5.75 Å². The summed E-state index contributed by atoms with van der Waals surface area (Å²) in [4.78, 5) is 22.5. The molecular weight excluding hydrogens is 298 g/mol. The van der Waals surface area contributed by atoms with Gasteiger partial charge in [0.05, 0.1) is 12.3 Å². The van der Waals surface area contributed by atoms with Gasteiger partial charge in [0.15, 0.2) is 15.1 Å². The van der Waals surface area contributed by atoms with Crippen LogP contribution >= 0.6 is 0 Å². The summed E-state index contributed by atoms with van der Waals surface area (Å²) in [5.41, 5.74) is 0.336. The van der Waals surface area contributed by atoms with Crippen molar-refractivity contribution in [2.24, 2.45) is 0 Å². The lowest BCUT2D eigenvalue weighted by Crippen LogP contribution is -2.34. The van der Waals surface area contributed by atoms with Crippen LogP contribution in [0, 0.1) is 0 Å². The Morgan fingerprint density at radius 2 is 1.95 bits per heavy atom. The Labute approximate surface area is 122 Å². The zero-order chi connectivity index (χ0) is 16.0. The summed E-state index contributed by atoms with van der Waals surface area (Å²) >= 11 is 0. The third kappa shape index (κ3) is 4.75. The predicted octanol–water partition coefficient (Wildman–Crippen LogP) is 0.912. The van der Waals surface area contributed by atoms with Gasteiger partial charge in [-0.25, -0.2) is 8.42 Å². The molecule has 0 radical (unpaired) electrons. The molecule has 7 nitrogen and oxygen atoms in total. The summed E-state index contributed by atoms with van der Waals surface area (Å²) in [5, 5.41) is 9.48. The smallest absolute Gasteiger partial charge is 0.321 e. The summed E-state index contributed by atoms with van der Waals surface area (Å²) < 4.78 is 28.7. The Kier molecular flexibility index (Phi) is 5.71. The van der Waals surface area contributed by atoms with Gasteiger partial charge in [-0.3, -0.25) is 9.59 Å². The molecule has 0 bridgehead atoms. The minimum Gasteiger partial charge on any atom is -0.492 e. The Morgan fingerprint density at radius 1 is 1.33 bits per heavy atom. The van der Waals surface area contributed by atoms with Crippen LogP contribution in [0.15, 0.2) is 24.3 Å². The summed E-state index contributed by atoms with van der Waals surface area (Å²) in [7, 11) is -4.06. The number of hydrogen-bond acceptors (Lipinski definition) is 5. The summed E-state index contributed by atoms with van der Waals surface area (Å²) in [6.45, 7) is 3.19. The van der Waals surface area contributed by atoms with Gasteiger partial charge in [-0.05, 0) is 26.0 Å². The molecule has 0 aliphatic rings. The number of aliphatic carboxylic acids is 1. The number of sulfone groups is 1. The molecule has 8 heteroatoms. The lowest BCUT2D eigenvalue weighted by atomic mass is 10.3. The van der Waals surface area contributed by atoms with Crippen LogP contribution in [0.2, 0.25) is 0 Å². The normalized spacial score (nSPS) is 12.5. The quantitative estimate of drug-likeness (QED) is 0.774. The second kappa shape index (κ2) is 7.07. The number of anilines is 1. The SMILES string of the molecule is CCOc1ccccc1NC(=O)CS(=O)(=O)C(C)C(=O)O. The molecule has 116 valence electrons. The van der Waals surface area contributed by atoms with Gasteiger partial charge < -0.3 is 15.2 Å². The van der Waals surface area contributed by atoms with Gasteiger partial charge in [-0.1, -0.05) is 12.1 Å². The number of carbonyl (C=O) groups excluding carboxylic acids is 1. The van der Waals surface area contributed by atoms with Crippen LogP contribution in [0.4, 0.5) is 5.69 Å². The molecule has 1 unspecified atom stereocenters. The molecule has 21 heavy (non-hydrogen) atoms. The standard InChI is InChI=1S/C13H17NO6S/c1-3-20-11-7-5-4-6-10(11)14-12(15)8-21(18,19)9(2)13(16)17/h4-7,9H,3,8H2,1-2H3,(H,14,15)(H,16,17). The number of carbonyl (C=O) groups is 2. The maximum Gasteiger partial charge on any atom is 0.321 e. The van der Waals surface area contributed by atoms with Gasteiger partial charge in [0.2, 0.25) is 5.91 Å². The van der Waals surface area contributed by atoms with Crippen LogP contribution in [-0.4, -0.2) is 43.0 Å². The van der Waals surface area contributed by atoms with E-state index in [9.17, 15) is 18.0 Å². The molecule has 2 N–H and O–H groups in total. The highest BCUT2D eigenvalue weighted by molar-refractivity contribution is 7.93. The van der Waals surface area contributed by atoms with Crippen molar-refractivity contribution >= 4 is 27.4 Å². The number of carboxylic acid groups (broad SMARTS) is 1. The predicted molar refractivity (Wildman–Crippen MR) is 77.1 cm³/mol. The summed E-state index contributed by atoms with van der Waals surface area (Å²) in [5.74, 6) is -2.79. The molecule has 0 aliphatic carbocycles. The van der Waals surface area contributed by atoms with Crippen molar-refractivity contribution in [2.75, 3.05) is 17.7 Å². The Bertz CT molecular complexity index is 625. The van der Waals surface area contributed by atoms with E-state index in [4.69, 9.17) is 9.84 Å². The minimum atomic E-state index is -4.06. The third-order valence-corrected chi connectivity index (χ3v) is 4.62. The number of rotatable bonds is 7. The van der Waals surface area contributed by atoms with Crippen LogP contribution in [0.3, 0.4) is 0 Å². The molecule has 0 saturated heterocycles. The van der Waals surface area contributed by atoms with Crippen LogP contribution in [0.25, 0.3) is 0 Å².